The SMILES string of the molecule is COc1cccc(CNC2CCCC2)c1OCc1ccc(F)cc1.Cl. The highest BCUT2D eigenvalue weighted by atomic mass is 35.5. The van der Waals surface area contributed by atoms with Crippen molar-refractivity contribution in [3.05, 3.63) is 59.4 Å². The maximum atomic E-state index is 13.0. The molecule has 0 amide bonds. The van der Waals surface area contributed by atoms with Gasteiger partial charge in [0.1, 0.15) is 12.4 Å². The molecule has 1 saturated carbocycles. The predicted octanol–water partition coefficient (Wildman–Crippen LogP) is 4.87. The van der Waals surface area contributed by atoms with Gasteiger partial charge in [-0.05, 0) is 36.6 Å². The minimum Gasteiger partial charge on any atom is -0.493 e. The molecule has 25 heavy (non-hydrogen) atoms. The molecule has 0 bridgehead atoms. The van der Waals surface area contributed by atoms with E-state index in [1.54, 1.807) is 19.2 Å². The Hall–Kier alpha value is -1.78. The molecule has 2 aromatic rings. The quantitative estimate of drug-likeness (QED) is 0.759. The third kappa shape index (κ3) is 5.35. The fourth-order valence-corrected chi connectivity index (χ4v) is 3.15. The summed E-state index contributed by atoms with van der Waals surface area (Å²) in [5, 5.41) is 3.61. The summed E-state index contributed by atoms with van der Waals surface area (Å²) in [4.78, 5) is 0. The van der Waals surface area contributed by atoms with Crippen LogP contribution in [0.15, 0.2) is 42.5 Å². The second kappa shape index (κ2) is 9.64. The van der Waals surface area contributed by atoms with Crippen LogP contribution in [0.4, 0.5) is 4.39 Å². The Morgan fingerprint density at radius 2 is 1.80 bits per heavy atom. The average Bonchev–Trinajstić information content (AvgIpc) is 3.13. The Labute approximate surface area is 154 Å². The van der Waals surface area contributed by atoms with Gasteiger partial charge in [0, 0.05) is 18.2 Å². The van der Waals surface area contributed by atoms with Gasteiger partial charge in [0.2, 0.25) is 0 Å². The third-order valence-electron chi connectivity index (χ3n) is 4.51. The van der Waals surface area contributed by atoms with Crippen LogP contribution >= 0.6 is 12.4 Å². The van der Waals surface area contributed by atoms with Gasteiger partial charge in [0.15, 0.2) is 11.5 Å². The Bertz CT molecular complexity index is 657. The van der Waals surface area contributed by atoms with Gasteiger partial charge in [-0.25, -0.2) is 4.39 Å². The monoisotopic (exact) mass is 365 g/mol. The number of para-hydroxylation sites is 1. The van der Waals surface area contributed by atoms with Gasteiger partial charge in [-0.15, -0.1) is 12.4 Å². The normalized spacial score (nSPS) is 14.2. The molecule has 3 nitrogen and oxygen atoms in total. The summed E-state index contributed by atoms with van der Waals surface area (Å²) in [7, 11) is 1.65. The first kappa shape index (κ1) is 19.5. The lowest BCUT2D eigenvalue weighted by Gasteiger charge is -2.17. The van der Waals surface area contributed by atoms with Crippen molar-refractivity contribution in [3.63, 3.8) is 0 Å². The molecule has 3 rings (SSSR count). The average molecular weight is 366 g/mol. The van der Waals surface area contributed by atoms with Crippen LogP contribution < -0.4 is 14.8 Å². The zero-order valence-corrected chi connectivity index (χ0v) is 15.3. The van der Waals surface area contributed by atoms with Crippen LogP contribution in [-0.2, 0) is 13.2 Å². The zero-order chi connectivity index (χ0) is 16.8. The maximum absolute atomic E-state index is 13.0. The van der Waals surface area contributed by atoms with Crippen LogP contribution in [0.1, 0.15) is 36.8 Å². The molecule has 1 aliphatic rings. The van der Waals surface area contributed by atoms with Gasteiger partial charge < -0.3 is 14.8 Å². The maximum Gasteiger partial charge on any atom is 0.166 e. The molecule has 0 aromatic heterocycles. The molecule has 0 atom stereocenters. The van der Waals surface area contributed by atoms with Crippen molar-refractivity contribution in [2.45, 2.75) is 44.9 Å². The van der Waals surface area contributed by atoms with E-state index < -0.39 is 0 Å². The van der Waals surface area contributed by atoms with Crippen LogP contribution in [0.25, 0.3) is 0 Å². The summed E-state index contributed by atoms with van der Waals surface area (Å²) < 4.78 is 24.5. The molecule has 0 saturated heterocycles. The molecule has 0 heterocycles. The largest absolute Gasteiger partial charge is 0.493 e. The first-order chi connectivity index (χ1) is 11.8. The van der Waals surface area contributed by atoms with Gasteiger partial charge in [-0.3, -0.25) is 0 Å². The van der Waals surface area contributed by atoms with E-state index in [0.717, 1.165) is 29.2 Å². The van der Waals surface area contributed by atoms with Crippen molar-refractivity contribution in [1.82, 2.24) is 5.32 Å². The highest BCUT2D eigenvalue weighted by Gasteiger charge is 2.16. The predicted molar refractivity (Wildman–Crippen MR) is 100 cm³/mol. The van der Waals surface area contributed by atoms with Crippen molar-refractivity contribution < 1.29 is 13.9 Å². The second-order valence-electron chi connectivity index (χ2n) is 6.23. The molecule has 0 spiro atoms. The van der Waals surface area contributed by atoms with Crippen LogP contribution in [-0.4, -0.2) is 13.2 Å². The molecular formula is C20H25ClFNO2. The summed E-state index contributed by atoms with van der Waals surface area (Å²) in [6, 6.07) is 12.9. The highest BCUT2D eigenvalue weighted by Crippen LogP contribution is 2.32. The van der Waals surface area contributed by atoms with E-state index in [1.807, 2.05) is 12.1 Å². The van der Waals surface area contributed by atoms with Gasteiger partial charge in [-0.1, -0.05) is 37.1 Å². The Kier molecular flexibility index (Phi) is 7.53. The van der Waals surface area contributed by atoms with Crippen LogP contribution in [0.2, 0.25) is 0 Å². The van der Waals surface area contributed by atoms with Gasteiger partial charge in [0.05, 0.1) is 7.11 Å². The minimum absolute atomic E-state index is 0. The standard InChI is InChI=1S/C20H24FNO2.ClH/c1-23-19-8-4-5-16(13-22-18-6-2-3-7-18)20(19)24-14-15-9-11-17(21)12-10-15;/h4-5,8-12,18,22H,2-3,6-7,13-14H2,1H3;1H. The molecule has 1 N–H and O–H groups in total. The van der Waals surface area contributed by atoms with Crippen LogP contribution in [0.5, 0.6) is 11.5 Å². The lowest BCUT2D eigenvalue weighted by molar-refractivity contribution is 0.280. The molecule has 136 valence electrons. The van der Waals surface area contributed by atoms with Crippen LogP contribution in [0, 0.1) is 5.82 Å². The summed E-state index contributed by atoms with van der Waals surface area (Å²) in [6.07, 6.45) is 5.11. The minimum atomic E-state index is -0.238. The lowest BCUT2D eigenvalue weighted by atomic mass is 10.1. The van der Waals surface area contributed by atoms with Gasteiger partial charge in [-0.2, -0.15) is 0 Å². The van der Waals surface area contributed by atoms with Crippen molar-refractivity contribution in [2.75, 3.05) is 7.11 Å². The second-order valence-corrected chi connectivity index (χ2v) is 6.23. The third-order valence-corrected chi connectivity index (χ3v) is 4.51. The first-order valence-electron chi connectivity index (χ1n) is 8.53. The summed E-state index contributed by atoms with van der Waals surface area (Å²) in [6.45, 7) is 1.15. The Morgan fingerprint density at radius 1 is 1.08 bits per heavy atom. The van der Waals surface area contributed by atoms with E-state index in [-0.39, 0.29) is 18.2 Å². The number of hydrogen-bond donors (Lipinski definition) is 1. The first-order valence-corrected chi connectivity index (χ1v) is 8.53. The topological polar surface area (TPSA) is 30.5 Å². The molecule has 1 fully saturated rings. The zero-order valence-electron chi connectivity index (χ0n) is 14.5. The fraction of sp³-hybridized carbons (Fsp3) is 0.400. The molecular weight excluding hydrogens is 341 g/mol. The molecule has 5 heteroatoms. The number of benzene rings is 2. The van der Waals surface area contributed by atoms with Gasteiger partial charge >= 0.3 is 0 Å². The molecule has 0 unspecified atom stereocenters. The van der Waals surface area contributed by atoms with E-state index in [9.17, 15) is 4.39 Å². The van der Waals surface area contributed by atoms with E-state index in [2.05, 4.69) is 11.4 Å². The number of hydrogen-bond acceptors (Lipinski definition) is 3. The lowest BCUT2D eigenvalue weighted by Crippen LogP contribution is -2.25. The van der Waals surface area contributed by atoms with E-state index >= 15 is 0 Å². The van der Waals surface area contributed by atoms with Gasteiger partial charge in [0.25, 0.3) is 0 Å². The number of ether oxygens (including phenoxy) is 2. The molecule has 0 radical (unpaired) electrons. The van der Waals surface area contributed by atoms with Crippen LogP contribution in [0.3, 0.4) is 0 Å². The Morgan fingerprint density at radius 3 is 2.48 bits per heavy atom. The smallest absolute Gasteiger partial charge is 0.166 e. The summed E-state index contributed by atoms with van der Waals surface area (Å²) >= 11 is 0. The summed E-state index contributed by atoms with van der Waals surface area (Å²) in [5.74, 6) is 1.25. The van der Waals surface area contributed by atoms with Crippen molar-refractivity contribution in [3.8, 4) is 11.5 Å². The highest BCUT2D eigenvalue weighted by molar-refractivity contribution is 5.85. The van der Waals surface area contributed by atoms with E-state index in [4.69, 9.17) is 9.47 Å². The molecule has 1 aliphatic carbocycles. The molecule has 2 aromatic carbocycles. The van der Waals surface area contributed by atoms with E-state index in [1.165, 1.54) is 37.8 Å². The van der Waals surface area contributed by atoms with Crippen molar-refractivity contribution in [1.29, 1.82) is 0 Å². The fourth-order valence-electron chi connectivity index (χ4n) is 3.15. The van der Waals surface area contributed by atoms with Crippen molar-refractivity contribution >= 4 is 12.4 Å². The number of rotatable bonds is 7. The Balaban J connectivity index is 0.00000225. The summed E-state index contributed by atoms with van der Waals surface area (Å²) in [5.41, 5.74) is 2.01. The number of nitrogens with one attached hydrogen (secondary N) is 1. The van der Waals surface area contributed by atoms with E-state index in [0.29, 0.717) is 12.6 Å². The van der Waals surface area contributed by atoms with Crippen molar-refractivity contribution in [2.24, 2.45) is 0 Å². The molecule has 0 aliphatic heterocycles. The number of halogens is 2. The number of methoxy groups -OCH3 is 1.